The minimum Gasteiger partial charge on any atom is -0.433 e. The Morgan fingerprint density at radius 3 is 2.65 bits per heavy atom. The third-order valence-electron chi connectivity index (χ3n) is 3.23. The molecule has 0 saturated heterocycles. The van der Waals surface area contributed by atoms with Crippen LogP contribution < -0.4 is 10.1 Å². The fourth-order valence-corrected chi connectivity index (χ4v) is 2.25. The van der Waals surface area contributed by atoms with E-state index < -0.39 is 12.5 Å². The third kappa shape index (κ3) is 3.26. The van der Waals surface area contributed by atoms with Crippen molar-refractivity contribution in [2.75, 3.05) is 5.32 Å². The van der Waals surface area contributed by atoms with E-state index in [0.717, 1.165) is 5.39 Å². The van der Waals surface area contributed by atoms with Gasteiger partial charge in [-0.05, 0) is 24.3 Å². The SMILES string of the molecule is O=C(Nc1ccccc1OC(F)F)c1cccc2cccnc12. The predicted molar refractivity (Wildman–Crippen MR) is 82.8 cm³/mol. The summed E-state index contributed by atoms with van der Waals surface area (Å²) < 4.78 is 29.3. The molecule has 0 atom stereocenters. The summed E-state index contributed by atoms with van der Waals surface area (Å²) in [5.74, 6) is -0.538. The molecule has 0 aliphatic rings. The monoisotopic (exact) mass is 314 g/mol. The lowest BCUT2D eigenvalue weighted by Gasteiger charge is -2.12. The number of alkyl halides is 2. The molecule has 6 heteroatoms. The Bertz CT molecular complexity index is 847. The topological polar surface area (TPSA) is 51.2 Å². The highest BCUT2D eigenvalue weighted by Crippen LogP contribution is 2.26. The molecule has 0 spiro atoms. The Morgan fingerprint density at radius 2 is 1.83 bits per heavy atom. The highest BCUT2D eigenvalue weighted by atomic mass is 19.3. The largest absolute Gasteiger partial charge is 0.433 e. The number of fused-ring (bicyclic) bond motifs is 1. The first-order valence-corrected chi connectivity index (χ1v) is 6.84. The standard InChI is InChI=1S/C17H12F2N2O2/c18-17(19)23-14-9-2-1-8-13(14)21-16(22)12-7-3-5-11-6-4-10-20-15(11)12/h1-10,17H,(H,21,22). The minimum absolute atomic E-state index is 0.0935. The van der Waals surface area contributed by atoms with Crippen LogP contribution in [0.3, 0.4) is 0 Å². The van der Waals surface area contributed by atoms with Crippen molar-refractivity contribution in [3.8, 4) is 5.75 Å². The van der Waals surface area contributed by atoms with E-state index in [1.54, 1.807) is 36.5 Å². The van der Waals surface area contributed by atoms with Crippen LogP contribution in [-0.2, 0) is 0 Å². The molecule has 4 nitrogen and oxygen atoms in total. The Balaban J connectivity index is 1.93. The highest BCUT2D eigenvalue weighted by molar-refractivity contribution is 6.12. The van der Waals surface area contributed by atoms with Gasteiger partial charge in [0.2, 0.25) is 0 Å². The minimum atomic E-state index is -2.97. The average molecular weight is 314 g/mol. The number of halogens is 2. The van der Waals surface area contributed by atoms with Crippen molar-refractivity contribution in [2.24, 2.45) is 0 Å². The average Bonchev–Trinajstić information content (AvgIpc) is 2.55. The summed E-state index contributed by atoms with van der Waals surface area (Å²) in [6.45, 7) is -2.97. The third-order valence-corrected chi connectivity index (χ3v) is 3.23. The van der Waals surface area contributed by atoms with Crippen LogP contribution in [0.2, 0.25) is 0 Å². The second kappa shape index (κ2) is 6.39. The lowest BCUT2D eigenvalue weighted by Crippen LogP contribution is -2.14. The van der Waals surface area contributed by atoms with Gasteiger partial charge < -0.3 is 10.1 Å². The molecule has 2 aromatic carbocycles. The number of nitrogens with zero attached hydrogens (tertiary/aromatic N) is 1. The van der Waals surface area contributed by atoms with Crippen LogP contribution in [-0.4, -0.2) is 17.5 Å². The van der Waals surface area contributed by atoms with Crippen LogP contribution in [0.4, 0.5) is 14.5 Å². The number of aromatic nitrogens is 1. The van der Waals surface area contributed by atoms with Crippen molar-refractivity contribution in [2.45, 2.75) is 6.61 Å². The summed E-state index contributed by atoms with van der Waals surface area (Å²) in [5.41, 5.74) is 1.07. The van der Waals surface area contributed by atoms with E-state index in [1.165, 1.54) is 12.1 Å². The van der Waals surface area contributed by atoms with Gasteiger partial charge in [0.05, 0.1) is 16.8 Å². The van der Waals surface area contributed by atoms with Crippen molar-refractivity contribution in [3.63, 3.8) is 0 Å². The summed E-state index contributed by atoms with van der Waals surface area (Å²) in [7, 11) is 0. The molecule has 0 fully saturated rings. The lowest BCUT2D eigenvalue weighted by atomic mass is 10.1. The molecule has 23 heavy (non-hydrogen) atoms. The molecular weight excluding hydrogens is 302 g/mol. The fourth-order valence-electron chi connectivity index (χ4n) is 2.25. The van der Waals surface area contributed by atoms with Crippen LogP contribution in [0.15, 0.2) is 60.8 Å². The van der Waals surface area contributed by atoms with Crippen molar-refractivity contribution in [3.05, 3.63) is 66.4 Å². The van der Waals surface area contributed by atoms with Gasteiger partial charge in [0, 0.05) is 11.6 Å². The van der Waals surface area contributed by atoms with Crippen molar-refractivity contribution in [1.29, 1.82) is 0 Å². The number of rotatable bonds is 4. The second-order valence-electron chi connectivity index (χ2n) is 4.71. The molecule has 1 heterocycles. The number of para-hydroxylation sites is 3. The van der Waals surface area contributed by atoms with Gasteiger partial charge in [0.1, 0.15) is 5.75 Å². The summed E-state index contributed by atoms with van der Waals surface area (Å²) in [6.07, 6.45) is 1.59. The van der Waals surface area contributed by atoms with Crippen LogP contribution in [0.5, 0.6) is 5.75 Å². The first kappa shape index (κ1) is 14.9. The van der Waals surface area contributed by atoms with Crippen LogP contribution >= 0.6 is 0 Å². The number of anilines is 1. The fraction of sp³-hybridized carbons (Fsp3) is 0.0588. The Morgan fingerprint density at radius 1 is 1.04 bits per heavy atom. The quantitative estimate of drug-likeness (QED) is 0.789. The zero-order valence-electron chi connectivity index (χ0n) is 11.9. The smallest absolute Gasteiger partial charge is 0.387 e. The number of hydrogen-bond donors (Lipinski definition) is 1. The molecule has 0 radical (unpaired) electrons. The normalized spacial score (nSPS) is 10.7. The summed E-state index contributed by atoms with van der Waals surface area (Å²) in [6, 6.07) is 14.8. The van der Waals surface area contributed by atoms with Crippen molar-refractivity contribution in [1.82, 2.24) is 4.98 Å². The maximum atomic E-state index is 12.5. The van der Waals surface area contributed by atoms with Gasteiger partial charge in [-0.15, -0.1) is 0 Å². The van der Waals surface area contributed by atoms with Crippen molar-refractivity contribution >= 4 is 22.5 Å². The summed E-state index contributed by atoms with van der Waals surface area (Å²) in [5, 5.41) is 3.40. The molecule has 1 N–H and O–H groups in total. The lowest BCUT2D eigenvalue weighted by molar-refractivity contribution is -0.0493. The van der Waals surface area contributed by atoms with Crippen LogP contribution in [0, 0.1) is 0 Å². The van der Waals surface area contributed by atoms with Crippen molar-refractivity contribution < 1.29 is 18.3 Å². The molecule has 0 bridgehead atoms. The van der Waals surface area contributed by atoms with Gasteiger partial charge in [-0.1, -0.05) is 30.3 Å². The van der Waals surface area contributed by atoms with Gasteiger partial charge >= 0.3 is 6.61 Å². The van der Waals surface area contributed by atoms with E-state index in [4.69, 9.17) is 0 Å². The maximum absolute atomic E-state index is 12.5. The number of carbonyl (C=O) groups excluding carboxylic acids is 1. The van der Waals surface area contributed by atoms with E-state index in [0.29, 0.717) is 11.1 Å². The molecule has 1 aromatic heterocycles. The molecule has 0 aliphatic heterocycles. The zero-order chi connectivity index (χ0) is 16.2. The molecule has 3 aromatic rings. The first-order chi connectivity index (χ1) is 11.1. The molecule has 1 amide bonds. The molecule has 116 valence electrons. The number of pyridine rings is 1. The Labute approximate surface area is 130 Å². The van der Waals surface area contributed by atoms with Crippen LogP contribution in [0.25, 0.3) is 10.9 Å². The van der Waals surface area contributed by atoms with E-state index in [2.05, 4.69) is 15.0 Å². The maximum Gasteiger partial charge on any atom is 0.387 e. The summed E-state index contributed by atoms with van der Waals surface area (Å²) >= 11 is 0. The Kier molecular flexibility index (Phi) is 4.14. The Hall–Kier alpha value is -3.02. The van der Waals surface area contributed by atoms with Gasteiger partial charge in [0.25, 0.3) is 5.91 Å². The van der Waals surface area contributed by atoms with E-state index >= 15 is 0 Å². The first-order valence-electron chi connectivity index (χ1n) is 6.84. The number of nitrogens with one attached hydrogen (secondary N) is 1. The van der Waals surface area contributed by atoms with Gasteiger partial charge in [0.15, 0.2) is 0 Å². The molecule has 0 aliphatic carbocycles. The highest BCUT2D eigenvalue weighted by Gasteiger charge is 2.15. The molecular formula is C17H12F2N2O2. The van der Waals surface area contributed by atoms with Crippen LogP contribution in [0.1, 0.15) is 10.4 Å². The van der Waals surface area contributed by atoms with Gasteiger partial charge in [-0.2, -0.15) is 8.78 Å². The predicted octanol–water partition coefficient (Wildman–Crippen LogP) is 4.09. The molecule has 3 rings (SSSR count). The number of hydrogen-bond acceptors (Lipinski definition) is 3. The summed E-state index contributed by atoms with van der Waals surface area (Å²) in [4.78, 5) is 16.7. The van der Waals surface area contributed by atoms with Gasteiger partial charge in [-0.3, -0.25) is 9.78 Å². The van der Waals surface area contributed by atoms with E-state index in [-0.39, 0.29) is 11.4 Å². The zero-order valence-corrected chi connectivity index (χ0v) is 11.9. The second-order valence-corrected chi connectivity index (χ2v) is 4.71. The number of amides is 1. The number of carbonyl (C=O) groups is 1. The van der Waals surface area contributed by atoms with E-state index in [9.17, 15) is 13.6 Å². The molecule has 0 saturated carbocycles. The van der Waals surface area contributed by atoms with E-state index in [1.807, 2.05) is 12.1 Å². The molecule has 0 unspecified atom stereocenters. The number of benzene rings is 2. The van der Waals surface area contributed by atoms with Gasteiger partial charge in [-0.25, -0.2) is 0 Å². The number of ether oxygens (including phenoxy) is 1.